The lowest BCUT2D eigenvalue weighted by atomic mass is 9.82. The van der Waals surface area contributed by atoms with Crippen LogP contribution in [0.3, 0.4) is 0 Å². The van der Waals surface area contributed by atoms with E-state index in [1.807, 2.05) is 0 Å². The van der Waals surface area contributed by atoms with E-state index < -0.39 is 0 Å². The highest BCUT2D eigenvalue weighted by Gasteiger charge is 2.21. The van der Waals surface area contributed by atoms with Crippen LogP contribution in [-0.4, -0.2) is 12.6 Å². The lowest BCUT2D eigenvalue weighted by Crippen LogP contribution is -2.38. The minimum absolute atomic E-state index is 0.888. The van der Waals surface area contributed by atoms with Crippen LogP contribution in [0, 0.1) is 11.8 Å². The Morgan fingerprint density at radius 3 is 2.23 bits per heavy atom. The highest BCUT2D eigenvalue weighted by molar-refractivity contribution is 4.79. The molecule has 2 aliphatic rings. The van der Waals surface area contributed by atoms with Crippen molar-refractivity contribution >= 4 is 0 Å². The topological polar surface area (TPSA) is 12.0 Å². The Morgan fingerprint density at radius 1 is 1.00 bits per heavy atom. The maximum atomic E-state index is 3.70. The third-order valence-corrected chi connectivity index (χ3v) is 3.94. The molecule has 1 N–H and O–H groups in total. The standard InChI is InChI=1S/C12H23N/c1-10-5-7-11(8-6-10)9-13-12-3-2-4-12/h10-13H,2-9H2,1H3/t10-,11-. The van der Waals surface area contributed by atoms with Crippen LogP contribution < -0.4 is 5.32 Å². The van der Waals surface area contributed by atoms with Gasteiger partial charge in [0.2, 0.25) is 0 Å². The molecule has 0 amide bonds. The summed E-state index contributed by atoms with van der Waals surface area (Å²) in [6.45, 7) is 3.70. The van der Waals surface area contributed by atoms with Crippen molar-refractivity contribution in [2.45, 2.75) is 57.9 Å². The molecule has 0 radical (unpaired) electrons. The van der Waals surface area contributed by atoms with Crippen molar-refractivity contribution in [1.82, 2.24) is 5.32 Å². The fourth-order valence-corrected chi connectivity index (χ4v) is 2.48. The molecule has 0 bridgehead atoms. The van der Waals surface area contributed by atoms with Gasteiger partial charge in [0.15, 0.2) is 0 Å². The van der Waals surface area contributed by atoms with E-state index in [-0.39, 0.29) is 0 Å². The first-order chi connectivity index (χ1) is 6.34. The van der Waals surface area contributed by atoms with Crippen molar-refractivity contribution in [3.05, 3.63) is 0 Å². The van der Waals surface area contributed by atoms with Gasteiger partial charge < -0.3 is 5.32 Å². The molecule has 0 spiro atoms. The van der Waals surface area contributed by atoms with Crippen molar-refractivity contribution in [2.24, 2.45) is 11.8 Å². The van der Waals surface area contributed by atoms with E-state index >= 15 is 0 Å². The molecule has 76 valence electrons. The van der Waals surface area contributed by atoms with Gasteiger partial charge in [-0.05, 0) is 44.1 Å². The molecule has 0 aliphatic heterocycles. The molecule has 2 rings (SSSR count). The first-order valence-corrected chi connectivity index (χ1v) is 6.08. The second kappa shape index (κ2) is 4.45. The largest absolute Gasteiger partial charge is 0.314 e. The zero-order valence-corrected chi connectivity index (χ0v) is 8.89. The zero-order valence-electron chi connectivity index (χ0n) is 8.89. The predicted octanol–water partition coefficient (Wildman–Crippen LogP) is 2.95. The van der Waals surface area contributed by atoms with Crippen LogP contribution >= 0.6 is 0 Å². The molecule has 13 heavy (non-hydrogen) atoms. The fourth-order valence-electron chi connectivity index (χ4n) is 2.48. The van der Waals surface area contributed by atoms with Gasteiger partial charge in [0.05, 0.1) is 0 Å². The number of hydrogen-bond donors (Lipinski definition) is 1. The first-order valence-electron chi connectivity index (χ1n) is 6.08. The quantitative estimate of drug-likeness (QED) is 0.706. The van der Waals surface area contributed by atoms with E-state index in [0.717, 1.165) is 17.9 Å². The molecule has 2 aliphatic carbocycles. The van der Waals surface area contributed by atoms with E-state index in [4.69, 9.17) is 0 Å². The van der Waals surface area contributed by atoms with Crippen LogP contribution in [0.15, 0.2) is 0 Å². The monoisotopic (exact) mass is 181 g/mol. The second-order valence-electron chi connectivity index (χ2n) is 5.16. The maximum absolute atomic E-state index is 3.70. The summed E-state index contributed by atoms with van der Waals surface area (Å²) in [6, 6.07) is 0.888. The van der Waals surface area contributed by atoms with Crippen molar-refractivity contribution in [1.29, 1.82) is 0 Å². The number of rotatable bonds is 3. The van der Waals surface area contributed by atoms with E-state index in [1.165, 1.54) is 51.5 Å². The number of nitrogens with one attached hydrogen (secondary N) is 1. The molecule has 0 aromatic heterocycles. The number of hydrogen-bond acceptors (Lipinski definition) is 1. The smallest absolute Gasteiger partial charge is 0.00671 e. The van der Waals surface area contributed by atoms with E-state index in [1.54, 1.807) is 0 Å². The van der Waals surface area contributed by atoms with Gasteiger partial charge in [0.1, 0.15) is 0 Å². The Bertz CT molecular complexity index is 143. The van der Waals surface area contributed by atoms with Crippen LogP contribution in [0.2, 0.25) is 0 Å². The molecule has 0 atom stereocenters. The zero-order chi connectivity index (χ0) is 9.10. The SMILES string of the molecule is C[C@H]1CC[C@H](CNC2CCC2)CC1. The van der Waals surface area contributed by atoms with Crippen LogP contribution in [0.5, 0.6) is 0 Å². The molecule has 0 saturated heterocycles. The average Bonchev–Trinajstić information content (AvgIpc) is 2.05. The lowest BCUT2D eigenvalue weighted by molar-refractivity contribution is 0.252. The summed E-state index contributed by atoms with van der Waals surface area (Å²) in [5.41, 5.74) is 0. The minimum atomic E-state index is 0.888. The van der Waals surface area contributed by atoms with E-state index in [2.05, 4.69) is 12.2 Å². The summed E-state index contributed by atoms with van der Waals surface area (Å²) >= 11 is 0. The van der Waals surface area contributed by atoms with Crippen LogP contribution in [0.1, 0.15) is 51.9 Å². The molecule has 2 fully saturated rings. The second-order valence-corrected chi connectivity index (χ2v) is 5.16. The van der Waals surface area contributed by atoms with E-state index in [9.17, 15) is 0 Å². The Balaban J connectivity index is 1.59. The van der Waals surface area contributed by atoms with Gasteiger partial charge in [-0.15, -0.1) is 0 Å². The van der Waals surface area contributed by atoms with Crippen molar-refractivity contribution in [3.63, 3.8) is 0 Å². The molecular formula is C12H23N. The molecule has 0 heterocycles. The van der Waals surface area contributed by atoms with Gasteiger partial charge >= 0.3 is 0 Å². The van der Waals surface area contributed by atoms with Crippen LogP contribution in [0.4, 0.5) is 0 Å². The Hall–Kier alpha value is -0.0400. The van der Waals surface area contributed by atoms with Gasteiger partial charge in [-0.2, -0.15) is 0 Å². The molecule has 0 unspecified atom stereocenters. The summed E-state index contributed by atoms with van der Waals surface area (Å²) in [4.78, 5) is 0. The van der Waals surface area contributed by atoms with E-state index in [0.29, 0.717) is 0 Å². The Morgan fingerprint density at radius 2 is 1.69 bits per heavy atom. The van der Waals surface area contributed by atoms with Crippen LogP contribution in [-0.2, 0) is 0 Å². The first kappa shape index (κ1) is 9.51. The van der Waals surface area contributed by atoms with Crippen molar-refractivity contribution < 1.29 is 0 Å². The molecule has 0 aromatic carbocycles. The van der Waals surface area contributed by atoms with Crippen LogP contribution in [0.25, 0.3) is 0 Å². The predicted molar refractivity (Wildman–Crippen MR) is 56.8 cm³/mol. The van der Waals surface area contributed by atoms with Crippen molar-refractivity contribution in [3.8, 4) is 0 Å². The van der Waals surface area contributed by atoms with Gasteiger partial charge in [0, 0.05) is 6.04 Å². The third-order valence-electron chi connectivity index (χ3n) is 3.94. The van der Waals surface area contributed by atoms with Crippen molar-refractivity contribution in [2.75, 3.05) is 6.54 Å². The normalized spacial score (nSPS) is 35.8. The maximum Gasteiger partial charge on any atom is 0.00671 e. The summed E-state index contributed by atoms with van der Waals surface area (Å²) in [5, 5.41) is 3.70. The summed E-state index contributed by atoms with van der Waals surface area (Å²) in [5.74, 6) is 2.00. The molecule has 1 nitrogen and oxygen atoms in total. The van der Waals surface area contributed by atoms with Gasteiger partial charge in [-0.25, -0.2) is 0 Å². The molecule has 1 heteroatoms. The molecular weight excluding hydrogens is 158 g/mol. The third kappa shape index (κ3) is 2.70. The average molecular weight is 181 g/mol. The summed E-state index contributed by atoms with van der Waals surface area (Å²) in [6.07, 6.45) is 10.2. The Kier molecular flexibility index (Phi) is 3.26. The van der Waals surface area contributed by atoms with Gasteiger partial charge in [-0.1, -0.05) is 26.2 Å². The summed E-state index contributed by atoms with van der Waals surface area (Å²) in [7, 11) is 0. The highest BCUT2D eigenvalue weighted by Crippen LogP contribution is 2.28. The molecule has 2 saturated carbocycles. The summed E-state index contributed by atoms with van der Waals surface area (Å²) < 4.78 is 0. The van der Waals surface area contributed by atoms with Gasteiger partial charge in [-0.3, -0.25) is 0 Å². The Labute approximate surface area is 82.3 Å². The van der Waals surface area contributed by atoms with Gasteiger partial charge in [0.25, 0.3) is 0 Å². The molecule has 0 aromatic rings. The highest BCUT2D eigenvalue weighted by atomic mass is 14.9. The minimum Gasteiger partial charge on any atom is -0.314 e. The fraction of sp³-hybridized carbons (Fsp3) is 1.00. The lowest BCUT2D eigenvalue weighted by Gasteiger charge is -2.31.